The Balaban J connectivity index is 1.16. The second kappa shape index (κ2) is 9.16. The number of hydrogen-bond acceptors (Lipinski definition) is 8. The topological polar surface area (TPSA) is 85.4 Å². The van der Waals surface area contributed by atoms with Gasteiger partial charge in [0.25, 0.3) is 0 Å². The van der Waals surface area contributed by atoms with E-state index in [4.69, 9.17) is 4.74 Å². The minimum Gasteiger partial charge on any atom is -0.475 e. The molecule has 0 saturated carbocycles. The number of nitrogens with zero attached hydrogens (tertiary/aromatic N) is 6. The smallest absolute Gasteiger partial charge is 0.214 e. The van der Waals surface area contributed by atoms with Gasteiger partial charge in [-0.25, -0.2) is 15.4 Å². The molecule has 3 aromatic heterocycles. The fraction of sp³-hybridized carbons (Fsp3) is 0.346. The SMILES string of the molecule is CC(C)Oc1cc2c(-c3ccnc(N4CCN(CC5=C6C=CC=CN6NC5)CC4)c3)n[nH]c2cn1. The Hall–Kier alpha value is -3.69. The van der Waals surface area contributed by atoms with Gasteiger partial charge in [0.1, 0.15) is 11.5 Å². The first-order chi connectivity index (χ1) is 17.1. The third kappa shape index (κ3) is 4.40. The molecule has 0 amide bonds. The van der Waals surface area contributed by atoms with E-state index in [2.05, 4.69) is 70.9 Å². The van der Waals surface area contributed by atoms with Crippen LogP contribution in [0.5, 0.6) is 5.88 Å². The molecule has 2 N–H and O–H groups in total. The van der Waals surface area contributed by atoms with Crippen molar-refractivity contribution in [1.29, 1.82) is 0 Å². The summed E-state index contributed by atoms with van der Waals surface area (Å²) in [6, 6.07) is 6.10. The minimum absolute atomic E-state index is 0.0679. The van der Waals surface area contributed by atoms with Gasteiger partial charge in [-0.05, 0) is 43.7 Å². The maximum Gasteiger partial charge on any atom is 0.214 e. The minimum atomic E-state index is 0.0679. The van der Waals surface area contributed by atoms with Crippen LogP contribution in [0.4, 0.5) is 5.82 Å². The second-order valence-corrected chi connectivity index (χ2v) is 9.37. The molecule has 0 atom stereocenters. The molecule has 1 saturated heterocycles. The summed E-state index contributed by atoms with van der Waals surface area (Å²) in [5.41, 5.74) is 8.97. The summed E-state index contributed by atoms with van der Waals surface area (Å²) in [5, 5.41) is 10.8. The van der Waals surface area contributed by atoms with Crippen LogP contribution in [-0.2, 0) is 0 Å². The first kappa shape index (κ1) is 21.8. The lowest BCUT2D eigenvalue weighted by molar-refractivity contribution is 0.233. The van der Waals surface area contributed by atoms with Crippen molar-refractivity contribution in [2.45, 2.75) is 20.0 Å². The van der Waals surface area contributed by atoms with E-state index in [0.717, 1.165) is 67.2 Å². The van der Waals surface area contributed by atoms with Crippen molar-refractivity contribution < 1.29 is 4.74 Å². The van der Waals surface area contributed by atoms with Crippen LogP contribution in [0.1, 0.15) is 13.8 Å². The molecule has 9 heteroatoms. The highest BCUT2D eigenvalue weighted by atomic mass is 16.5. The van der Waals surface area contributed by atoms with Crippen LogP contribution < -0.4 is 15.1 Å². The average molecular weight is 471 g/mol. The van der Waals surface area contributed by atoms with Gasteiger partial charge in [-0.3, -0.25) is 15.0 Å². The van der Waals surface area contributed by atoms with E-state index in [1.165, 1.54) is 11.3 Å². The number of allylic oxidation sites excluding steroid dienone is 3. The molecule has 3 aliphatic rings. The third-order valence-electron chi connectivity index (χ3n) is 6.59. The number of nitrogens with one attached hydrogen (secondary N) is 2. The van der Waals surface area contributed by atoms with Gasteiger partial charge in [-0.2, -0.15) is 5.10 Å². The second-order valence-electron chi connectivity index (χ2n) is 9.37. The van der Waals surface area contributed by atoms with Crippen LogP contribution in [-0.4, -0.2) is 75.4 Å². The molecule has 0 bridgehead atoms. The summed E-state index contributed by atoms with van der Waals surface area (Å²) in [6.07, 6.45) is 12.1. The standard InChI is InChI=1S/C26H30N8O/c1-18(2)35-25-14-21-22(16-28-25)30-31-26(21)19-6-7-27-24(13-19)33-11-9-32(10-12-33)17-20-15-29-34-8-4-3-5-23(20)34/h3-8,13-14,16,18,29H,9-12,15,17H2,1-2H3,(H,30,31). The van der Waals surface area contributed by atoms with Gasteiger partial charge in [0.15, 0.2) is 0 Å². The zero-order chi connectivity index (χ0) is 23.8. The van der Waals surface area contributed by atoms with E-state index in [1.807, 2.05) is 32.2 Å². The molecule has 35 heavy (non-hydrogen) atoms. The summed E-state index contributed by atoms with van der Waals surface area (Å²) in [7, 11) is 0. The van der Waals surface area contributed by atoms with Crippen molar-refractivity contribution in [3.05, 3.63) is 66.3 Å². The number of hydrazine groups is 1. The van der Waals surface area contributed by atoms with Crippen LogP contribution in [0.15, 0.2) is 66.3 Å². The zero-order valence-electron chi connectivity index (χ0n) is 20.1. The third-order valence-corrected chi connectivity index (χ3v) is 6.59. The fourth-order valence-electron chi connectivity index (χ4n) is 4.84. The molecule has 3 aliphatic heterocycles. The highest BCUT2D eigenvalue weighted by molar-refractivity contribution is 5.93. The lowest BCUT2D eigenvalue weighted by atomic mass is 10.1. The van der Waals surface area contributed by atoms with Gasteiger partial charge in [0.2, 0.25) is 5.88 Å². The molecule has 6 rings (SSSR count). The number of piperazine rings is 1. The van der Waals surface area contributed by atoms with E-state index in [-0.39, 0.29) is 6.10 Å². The largest absolute Gasteiger partial charge is 0.475 e. The van der Waals surface area contributed by atoms with Crippen molar-refractivity contribution in [2.24, 2.45) is 0 Å². The predicted octanol–water partition coefficient (Wildman–Crippen LogP) is 3.09. The van der Waals surface area contributed by atoms with Crippen LogP contribution in [0.25, 0.3) is 22.2 Å². The maximum absolute atomic E-state index is 5.79. The molecule has 1 fully saturated rings. The Kier molecular flexibility index (Phi) is 5.71. The number of fused-ring (bicyclic) bond motifs is 2. The van der Waals surface area contributed by atoms with E-state index in [0.29, 0.717) is 5.88 Å². The van der Waals surface area contributed by atoms with E-state index < -0.39 is 0 Å². The summed E-state index contributed by atoms with van der Waals surface area (Å²) in [6.45, 7) is 9.81. The Labute approximate surface area is 204 Å². The molecule has 0 spiro atoms. The monoisotopic (exact) mass is 470 g/mol. The highest BCUT2D eigenvalue weighted by Crippen LogP contribution is 2.30. The first-order valence-corrected chi connectivity index (χ1v) is 12.2. The highest BCUT2D eigenvalue weighted by Gasteiger charge is 2.24. The van der Waals surface area contributed by atoms with Crippen molar-refractivity contribution in [3.63, 3.8) is 0 Å². The number of pyridine rings is 2. The van der Waals surface area contributed by atoms with Gasteiger partial charge in [-0.15, -0.1) is 0 Å². The summed E-state index contributed by atoms with van der Waals surface area (Å²) in [5.74, 6) is 1.60. The first-order valence-electron chi connectivity index (χ1n) is 12.2. The number of aromatic amines is 1. The average Bonchev–Trinajstić information content (AvgIpc) is 3.48. The predicted molar refractivity (Wildman–Crippen MR) is 137 cm³/mol. The molecular weight excluding hydrogens is 440 g/mol. The van der Waals surface area contributed by atoms with E-state index >= 15 is 0 Å². The summed E-state index contributed by atoms with van der Waals surface area (Å²) in [4.78, 5) is 14.0. The van der Waals surface area contributed by atoms with Gasteiger partial charge in [-0.1, -0.05) is 6.08 Å². The van der Waals surface area contributed by atoms with Crippen LogP contribution in [0.2, 0.25) is 0 Å². The van der Waals surface area contributed by atoms with Gasteiger partial charge in [0, 0.05) is 68.7 Å². The molecule has 6 heterocycles. The van der Waals surface area contributed by atoms with Gasteiger partial charge in [0.05, 0.1) is 23.5 Å². The van der Waals surface area contributed by atoms with E-state index in [1.54, 1.807) is 6.20 Å². The Bertz CT molecular complexity index is 1320. The molecule has 3 aromatic rings. The number of H-pyrrole nitrogens is 1. The normalized spacial score (nSPS) is 18.3. The Morgan fingerprint density at radius 2 is 1.97 bits per heavy atom. The summed E-state index contributed by atoms with van der Waals surface area (Å²) < 4.78 is 5.79. The zero-order valence-corrected chi connectivity index (χ0v) is 20.1. The Morgan fingerprint density at radius 3 is 2.83 bits per heavy atom. The summed E-state index contributed by atoms with van der Waals surface area (Å²) >= 11 is 0. The van der Waals surface area contributed by atoms with Crippen LogP contribution >= 0.6 is 0 Å². The number of rotatable bonds is 6. The van der Waals surface area contributed by atoms with Crippen LogP contribution in [0, 0.1) is 0 Å². The molecule has 0 unspecified atom stereocenters. The van der Waals surface area contributed by atoms with Crippen molar-refractivity contribution in [2.75, 3.05) is 44.2 Å². The number of hydrogen-bond donors (Lipinski definition) is 2. The molecule has 0 radical (unpaired) electrons. The molecule has 9 nitrogen and oxygen atoms in total. The lowest BCUT2D eigenvalue weighted by Crippen LogP contribution is -2.47. The number of aromatic nitrogens is 4. The van der Waals surface area contributed by atoms with Crippen molar-refractivity contribution >= 4 is 16.7 Å². The molecule has 0 aromatic carbocycles. The molecular formula is C26H30N8O. The lowest BCUT2D eigenvalue weighted by Gasteiger charge is -2.35. The van der Waals surface area contributed by atoms with Gasteiger partial charge < -0.3 is 9.64 Å². The Morgan fingerprint density at radius 1 is 1.09 bits per heavy atom. The van der Waals surface area contributed by atoms with Gasteiger partial charge >= 0.3 is 0 Å². The fourth-order valence-corrected chi connectivity index (χ4v) is 4.84. The van der Waals surface area contributed by atoms with E-state index in [9.17, 15) is 0 Å². The molecule has 0 aliphatic carbocycles. The van der Waals surface area contributed by atoms with Crippen molar-refractivity contribution in [3.8, 4) is 17.1 Å². The molecule has 180 valence electrons. The number of ether oxygens (including phenoxy) is 1. The number of anilines is 1. The van der Waals surface area contributed by atoms with Crippen LogP contribution in [0.3, 0.4) is 0 Å². The van der Waals surface area contributed by atoms with Crippen molar-refractivity contribution in [1.82, 2.24) is 35.5 Å². The quantitative estimate of drug-likeness (QED) is 0.569. The maximum atomic E-state index is 5.79.